The average Bonchev–Trinajstić information content (AvgIpc) is 3.19. The third-order valence-corrected chi connectivity index (χ3v) is 5.62. The first kappa shape index (κ1) is 19.7. The smallest absolute Gasteiger partial charge is 0.159 e. The summed E-state index contributed by atoms with van der Waals surface area (Å²) in [6.45, 7) is 2.82. The van der Waals surface area contributed by atoms with E-state index < -0.39 is 23.2 Å². The molecule has 4 rings (SSSR count). The van der Waals surface area contributed by atoms with Crippen LogP contribution in [-0.4, -0.2) is 23.4 Å². The van der Waals surface area contributed by atoms with Crippen molar-refractivity contribution >= 4 is 0 Å². The highest BCUT2D eigenvalue weighted by molar-refractivity contribution is 5.63. The summed E-state index contributed by atoms with van der Waals surface area (Å²) in [5.41, 5.74) is 0.936. The van der Waals surface area contributed by atoms with Gasteiger partial charge in [-0.15, -0.1) is 0 Å². The Morgan fingerprint density at radius 3 is 2.72 bits per heavy atom. The molecule has 4 nitrogen and oxygen atoms in total. The zero-order chi connectivity index (χ0) is 20.6. The summed E-state index contributed by atoms with van der Waals surface area (Å²) in [7, 11) is 0. The maximum Gasteiger partial charge on any atom is 0.159 e. The molecule has 29 heavy (non-hydrogen) atoms. The molecule has 0 amide bonds. The lowest BCUT2D eigenvalue weighted by molar-refractivity contribution is -0.0233. The van der Waals surface area contributed by atoms with Crippen molar-refractivity contribution in [3.05, 3.63) is 76.8 Å². The second-order valence-corrected chi connectivity index (χ2v) is 7.33. The van der Waals surface area contributed by atoms with Crippen molar-refractivity contribution in [3.63, 3.8) is 0 Å². The van der Waals surface area contributed by atoms with Gasteiger partial charge in [0.25, 0.3) is 0 Å². The molecule has 1 aliphatic heterocycles. The fraction of sp³-hybridized carbons (Fsp3) is 0.318. The number of nitrogens with zero attached hydrogens (tertiary/aromatic N) is 1. The van der Waals surface area contributed by atoms with Crippen LogP contribution in [0.4, 0.5) is 13.2 Å². The van der Waals surface area contributed by atoms with E-state index in [0.717, 1.165) is 23.3 Å². The van der Waals surface area contributed by atoms with Crippen LogP contribution in [0.5, 0.6) is 0 Å². The molecule has 2 heterocycles. The summed E-state index contributed by atoms with van der Waals surface area (Å²) < 4.78 is 46.3. The second-order valence-electron chi connectivity index (χ2n) is 7.33. The predicted molar refractivity (Wildman–Crippen MR) is 102 cm³/mol. The van der Waals surface area contributed by atoms with Crippen LogP contribution >= 0.6 is 0 Å². The zero-order valence-electron chi connectivity index (χ0n) is 15.9. The van der Waals surface area contributed by atoms with Crippen molar-refractivity contribution in [1.29, 1.82) is 0 Å². The molecule has 2 unspecified atom stereocenters. The first-order valence-electron chi connectivity index (χ1n) is 9.56. The molecular formula is C22H21F3N2O2. The van der Waals surface area contributed by atoms with E-state index in [2.05, 4.69) is 10.5 Å². The van der Waals surface area contributed by atoms with Gasteiger partial charge in [-0.2, -0.15) is 0 Å². The van der Waals surface area contributed by atoms with E-state index in [1.54, 1.807) is 12.1 Å². The molecule has 2 aromatic carbocycles. The molecular weight excluding hydrogens is 381 g/mol. The quantitative estimate of drug-likeness (QED) is 0.684. The van der Waals surface area contributed by atoms with Crippen LogP contribution in [-0.2, 0) is 12.0 Å². The van der Waals surface area contributed by atoms with Crippen LogP contribution in [0.2, 0.25) is 0 Å². The van der Waals surface area contributed by atoms with E-state index in [-0.39, 0.29) is 11.4 Å². The van der Waals surface area contributed by atoms with E-state index in [1.807, 2.05) is 6.92 Å². The minimum absolute atomic E-state index is 0.289. The van der Waals surface area contributed by atoms with E-state index in [9.17, 15) is 18.3 Å². The molecule has 7 heteroatoms. The molecule has 1 fully saturated rings. The van der Waals surface area contributed by atoms with Gasteiger partial charge in [-0.1, -0.05) is 18.1 Å². The average molecular weight is 402 g/mol. The van der Waals surface area contributed by atoms with E-state index in [4.69, 9.17) is 4.52 Å². The van der Waals surface area contributed by atoms with Crippen molar-refractivity contribution < 1.29 is 22.8 Å². The Morgan fingerprint density at radius 2 is 1.97 bits per heavy atom. The largest absolute Gasteiger partial charge is 0.384 e. The number of rotatable bonds is 4. The lowest BCUT2D eigenvalue weighted by atomic mass is 9.75. The molecule has 1 aromatic heterocycles. The number of nitrogens with one attached hydrogen (secondary N) is 1. The van der Waals surface area contributed by atoms with Gasteiger partial charge in [0, 0.05) is 18.2 Å². The van der Waals surface area contributed by atoms with Gasteiger partial charge in [0.05, 0.1) is 5.92 Å². The fourth-order valence-electron chi connectivity index (χ4n) is 4.00. The zero-order valence-corrected chi connectivity index (χ0v) is 15.9. The van der Waals surface area contributed by atoms with Gasteiger partial charge in [-0.25, -0.2) is 13.2 Å². The van der Waals surface area contributed by atoms with Crippen LogP contribution in [0.1, 0.15) is 36.1 Å². The minimum Gasteiger partial charge on any atom is -0.384 e. The Hall–Kier alpha value is -2.64. The van der Waals surface area contributed by atoms with Crippen LogP contribution in [0.15, 0.2) is 47.0 Å². The molecule has 2 N–H and O–H groups in total. The van der Waals surface area contributed by atoms with Gasteiger partial charge < -0.3 is 14.9 Å². The molecule has 0 aliphatic carbocycles. The predicted octanol–water partition coefficient (Wildman–Crippen LogP) is 4.29. The molecule has 152 valence electrons. The lowest BCUT2D eigenvalue weighted by Crippen LogP contribution is -2.46. The Kier molecular flexibility index (Phi) is 5.19. The number of halogens is 3. The van der Waals surface area contributed by atoms with Gasteiger partial charge in [0.2, 0.25) is 0 Å². The van der Waals surface area contributed by atoms with Crippen LogP contribution in [0, 0.1) is 17.5 Å². The third-order valence-electron chi connectivity index (χ3n) is 5.62. The molecule has 0 saturated carbocycles. The topological polar surface area (TPSA) is 58.3 Å². The number of piperidine rings is 1. The highest BCUT2D eigenvalue weighted by Crippen LogP contribution is 2.42. The summed E-state index contributed by atoms with van der Waals surface area (Å²) in [6.07, 6.45) is 0.925. The third kappa shape index (κ3) is 3.56. The highest BCUT2D eigenvalue weighted by Gasteiger charge is 2.44. The molecule has 1 saturated heterocycles. The monoisotopic (exact) mass is 402 g/mol. The molecule has 0 radical (unpaired) electrons. The van der Waals surface area contributed by atoms with Gasteiger partial charge in [-0.3, -0.25) is 0 Å². The minimum atomic E-state index is -1.44. The summed E-state index contributed by atoms with van der Waals surface area (Å²) in [5, 5.41) is 18.7. The Bertz CT molecular complexity index is 1040. The van der Waals surface area contributed by atoms with Crippen molar-refractivity contribution in [3.8, 4) is 11.3 Å². The van der Waals surface area contributed by atoms with Crippen LogP contribution in [0.25, 0.3) is 11.3 Å². The number of benzene rings is 2. The summed E-state index contributed by atoms with van der Waals surface area (Å²) in [4.78, 5) is 0. The number of aromatic nitrogens is 1. The van der Waals surface area contributed by atoms with Gasteiger partial charge >= 0.3 is 0 Å². The van der Waals surface area contributed by atoms with Crippen molar-refractivity contribution in [2.45, 2.75) is 31.3 Å². The highest BCUT2D eigenvalue weighted by atomic mass is 19.2. The SMILES string of the molecule is CCc1cc(F)ccc1-c1cc(C2CNCCC2(O)c2ccc(F)c(F)c2)on1. The van der Waals surface area contributed by atoms with Crippen LogP contribution < -0.4 is 5.32 Å². The van der Waals surface area contributed by atoms with Crippen molar-refractivity contribution in [1.82, 2.24) is 10.5 Å². The summed E-state index contributed by atoms with van der Waals surface area (Å²) in [6, 6.07) is 9.63. The van der Waals surface area contributed by atoms with Crippen molar-refractivity contribution in [2.75, 3.05) is 13.1 Å². The summed E-state index contributed by atoms with van der Waals surface area (Å²) in [5.74, 6) is -2.42. The molecule has 1 aliphatic rings. The van der Waals surface area contributed by atoms with Gasteiger partial charge in [0.15, 0.2) is 11.6 Å². The number of hydrogen-bond acceptors (Lipinski definition) is 4. The lowest BCUT2D eigenvalue weighted by Gasteiger charge is -2.39. The first-order valence-corrected chi connectivity index (χ1v) is 9.56. The Labute approximate surface area is 166 Å². The first-order chi connectivity index (χ1) is 13.9. The maximum absolute atomic E-state index is 13.8. The van der Waals surface area contributed by atoms with Gasteiger partial charge in [-0.05, 0) is 60.8 Å². The van der Waals surface area contributed by atoms with Crippen molar-refractivity contribution in [2.24, 2.45) is 0 Å². The van der Waals surface area contributed by atoms with E-state index in [1.165, 1.54) is 18.2 Å². The Balaban J connectivity index is 1.73. The van der Waals surface area contributed by atoms with E-state index >= 15 is 0 Å². The summed E-state index contributed by atoms with van der Waals surface area (Å²) >= 11 is 0. The molecule has 0 bridgehead atoms. The second kappa shape index (κ2) is 7.65. The number of aliphatic hydroxyl groups is 1. The molecule has 2 atom stereocenters. The molecule has 3 aromatic rings. The maximum atomic E-state index is 13.8. The van der Waals surface area contributed by atoms with Gasteiger partial charge in [0.1, 0.15) is 22.9 Å². The fourth-order valence-corrected chi connectivity index (χ4v) is 4.00. The van der Waals surface area contributed by atoms with E-state index in [0.29, 0.717) is 37.4 Å². The Morgan fingerprint density at radius 1 is 1.14 bits per heavy atom. The number of hydrogen-bond donors (Lipinski definition) is 2. The van der Waals surface area contributed by atoms with Crippen LogP contribution in [0.3, 0.4) is 0 Å². The standard InChI is InChI=1S/C22H21F3N2O2/c1-2-13-9-15(23)4-5-16(13)20-11-21(29-27-20)17-12-26-8-7-22(17,28)14-3-6-18(24)19(25)10-14/h3-6,9-11,17,26,28H,2,7-8,12H2,1H3. The normalized spacial score (nSPS) is 22.0. The number of aryl methyl sites for hydroxylation is 1. The molecule has 0 spiro atoms.